The molecule has 1 aromatic rings. The van der Waals surface area contributed by atoms with Crippen molar-refractivity contribution in [3.63, 3.8) is 0 Å². The maximum absolute atomic E-state index is 13.8. The zero-order valence-corrected chi connectivity index (χ0v) is 22.7. The minimum atomic E-state index is -0.708. The van der Waals surface area contributed by atoms with Crippen LogP contribution in [-0.4, -0.2) is 66.7 Å². The normalized spacial score (nSPS) is 24.6. The van der Waals surface area contributed by atoms with Gasteiger partial charge in [0.05, 0.1) is 18.4 Å². The predicted octanol–water partition coefficient (Wildman–Crippen LogP) is 3.85. The molecule has 1 aromatic carbocycles. The number of esters is 1. The summed E-state index contributed by atoms with van der Waals surface area (Å²) in [6.07, 6.45) is 6.75. The van der Waals surface area contributed by atoms with Gasteiger partial charge in [-0.25, -0.2) is 0 Å². The van der Waals surface area contributed by atoms with Crippen molar-refractivity contribution < 1.29 is 24.2 Å². The second-order valence-corrected chi connectivity index (χ2v) is 9.81. The Labute approximate surface area is 221 Å². The average Bonchev–Trinajstić information content (AvgIpc) is 3.19. The van der Waals surface area contributed by atoms with Gasteiger partial charge in [0.15, 0.2) is 0 Å². The lowest BCUT2D eigenvalue weighted by Crippen LogP contribution is -2.44. The van der Waals surface area contributed by atoms with E-state index in [4.69, 9.17) is 9.84 Å². The fraction of sp³-hybridized carbons (Fsp3) is 0.621. The highest BCUT2D eigenvalue weighted by molar-refractivity contribution is 6.01. The molecule has 204 valence electrons. The second kappa shape index (κ2) is 13.6. The van der Waals surface area contributed by atoms with Crippen molar-refractivity contribution in [1.82, 2.24) is 4.90 Å². The van der Waals surface area contributed by atoms with Crippen LogP contribution < -0.4 is 10.2 Å². The van der Waals surface area contributed by atoms with Crippen LogP contribution >= 0.6 is 0 Å². The maximum atomic E-state index is 13.8. The first-order valence-electron chi connectivity index (χ1n) is 13.8. The van der Waals surface area contributed by atoms with Crippen LogP contribution in [0.1, 0.15) is 53.4 Å². The number of carbonyl (C=O) groups excluding carboxylic acids is 3. The Bertz CT molecular complexity index is 943. The third-order valence-electron chi connectivity index (χ3n) is 7.73. The Morgan fingerprint density at radius 3 is 2.32 bits per heavy atom. The molecule has 8 heteroatoms. The number of anilines is 2. The molecule has 8 nitrogen and oxygen atoms in total. The molecule has 1 saturated heterocycles. The fourth-order valence-corrected chi connectivity index (χ4v) is 5.82. The average molecular weight is 514 g/mol. The van der Waals surface area contributed by atoms with Gasteiger partial charge in [-0.3, -0.25) is 14.4 Å². The van der Waals surface area contributed by atoms with Gasteiger partial charge in [-0.1, -0.05) is 19.1 Å². The Kier molecular flexibility index (Phi) is 10.6. The number of hydrogen-bond acceptors (Lipinski definition) is 6. The largest absolute Gasteiger partial charge is 0.466 e. The minimum Gasteiger partial charge on any atom is -0.466 e. The Morgan fingerprint density at radius 1 is 1.03 bits per heavy atom. The number of nitrogens with zero attached hydrogens (tertiary/aromatic N) is 2. The van der Waals surface area contributed by atoms with Gasteiger partial charge in [0.25, 0.3) is 0 Å². The molecule has 2 amide bonds. The molecule has 2 aliphatic rings. The van der Waals surface area contributed by atoms with Crippen molar-refractivity contribution in [3.8, 4) is 0 Å². The monoisotopic (exact) mass is 513 g/mol. The van der Waals surface area contributed by atoms with Crippen molar-refractivity contribution in [2.45, 2.75) is 59.4 Å². The molecule has 37 heavy (non-hydrogen) atoms. The molecule has 0 bridgehead atoms. The van der Waals surface area contributed by atoms with Crippen molar-refractivity contribution in [2.75, 3.05) is 43.1 Å². The zero-order valence-electron chi connectivity index (χ0n) is 22.7. The van der Waals surface area contributed by atoms with Crippen LogP contribution in [0.4, 0.5) is 11.4 Å². The highest BCUT2D eigenvalue weighted by atomic mass is 16.5. The second-order valence-electron chi connectivity index (χ2n) is 9.81. The number of amides is 2. The SMILES string of the molecule is CCOC(=O)[C@H]1[C@@H]2C(=O)N(CCCCCO)[C@H](C(=O)Nc3ccc(N(CC)CC)cc3)[C@H]2C=C[C@H]1CC. The molecule has 0 aromatic heterocycles. The van der Waals surface area contributed by atoms with Crippen LogP contribution in [0.5, 0.6) is 0 Å². The van der Waals surface area contributed by atoms with E-state index >= 15 is 0 Å². The van der Waals surface area contributed by atoms with Gasteiger partial charge in [-0.05, 0) is 76.6 Å². The van der Waals surface area contributed by atoms with Crippen LogP contribution in [-0.2, 0) is 19.1 Å². The van der Waals surface area contributed by atoms with E-state index in [-0.39, 0.29) is 36.9 Å². The number of hydrogen-bond donors (Lipinski definition) is 2. The summed E-state index contributed by atoms with van der Waals surface area (Å²) in [4.78, 5) is 44.4. The number of allylic oxidation sites excluding steroid dienone is 1. The highest BCUT2D eigenvalue weighted by Crippen LogP contribution is 2.45. The summed E-state index contributed by atoms with van der Waals surface area (Å²) >= 11 is 0. The van der Waals surface area contributed by atoms with E-state index in [2.05, 4.69) is 24.1 Å². The number of aliphatic hydroxyl groups excluding tert-OH is 1. The third kappa shape index (κ3) is 6.35. The summed E-state index contributed by atoms with van der Waals surface area (Å²) in [6, 6.07) is 7.04. The van der Waals surface area contributed by atoms with Gasteiger partial charge in [-0.15, -0.1) is 0 Å². The van der Waals surface area contributed by atoms with Gasteiger partial charge in [0.2, 0.25) is 11.8 Å². The van der Waals surface area contributed by atoms with Crippen molar-refractivity contribution in [3.05, 3.63) is 36.4 Å². The van der Waals surface area contributed by atoms with E-state index in [1.165, 1.54) is 0 Å². The van der Waals surface area contributed by atoms with Gasteiger partial charge < -0.3 is 25.0 Å². The van der Waals surface area contributed by atoms with E-state index < -0.39 is 23.8 Å². The smallest absolute Gasteiger partial charge is 0.310 e. The number of aliphatic hydroxyl groups is 1. The molecule has 5 atom stereocenters. The first-order valence-corrected chi connectivity index (χ1v) is 13.8. The van der Waals surface area contributed by atoms with E-state index in [9.17, 15) is 14.4 Å². The van der Waals surface area contributed by atoms with Crippen molar-refractivity contribution in [1.29, 1.82) is 0 Å². The molecule has 1 aliphatic heterocycles. The number of unbranched alkanes of at least 4 members (excludes halogenated alkanes) is 2. The number of fused-ring (bicyclic) bond motifs is 1. The van der Waals surface area contributed by atoms with Gasteiger partial charge in [0, 0.05) is 43.5 Å². The fourth-order valence-electron chi connectivity index (χ4n) is 5.82. The third-order valence-corrected chi connectivity index (χ3v) is 7.73. The van der Waals surface area contributed by atoms with E-state index in [0.717, 1.165) is 25.2 Å². The molecule has 1 fully saturated rings. The Balaban J connectivity index is 1.88. The molecule has 2 N–H and O–H groups in total. The van der Waals surface area contributed by atoms with Crippen LogP contribution in [0.2, 0.25) is 0 Å². The van der Waals surface area contributed by atoms with Gasteiger partial charge in [-0.2, -0.15) is 0 Å². The number of benzene rings is 1. The lowest BCUT2D eigenvalue weighted by atomic mass is 9.69. The quantitative estimate of drug-likeness (QED) is 0.236. The zero-order chi connectivity index (χ0) is 26.9. The Morgan fingerprint density at radius 2 is 1.73 bits per heavy atom. The summed E-state index contributed by atoms with van der Waals surface area (Å²) in [5.74, 6) is -2.50. The number of ether oxygens (including phenoxy) is 1. The maximum Gasteiger partial charge on any atom is 0.310 e. The lowest BCUT2D eigenvalue weighted by Gasteiger charge is -2.33. The summed E-state index contributed by atoms with van der Waals surface area (Å²) in [6.45, 7) is 10.5. The minimum absolute atomic E-state index is 0.0957. The number of rotatable bonds is 13. The van der Waals surface area contributed by atoms with Gasteiger partial charge >= 0.3 is 5.97 Å². The molecule has 0 radical (unpaired) electrons. The number of carbonyl (C=O) groups is 3. The van der Waals surface area contributed by atoms with Crippen LogP contribution in [0, 0.1) is 23.7 Å². The molecule has 0 unspecified atom stereocenters. The van der Waals surface area contributed by atoms with Crippen LogP contribution in [0.25, 0.3) is 0 Å². The highest BCUT2D eigenvalue weighted by Gasteiger charge is 2.57. The van der Waals surface area contributed by atoms with Crippen molar-refractivity contribution in [2.24, 2.45) is 23.7 Å². The van der Waals surface area contributed by atoms with Gasteiger partial charge in [0.1, 0.15) is 6.04 Å². The standard InChI is InChI=1S/C29H43N3O5/c1-5-20-12-17-23-25(24(20)29(36)37-8-4)28(35)32(18-10-9-11-19-33)26(23)27(34)30-21-13-15-22(16-14-21)31(6-2)7-3/h12-17,20,23-26,33H,5-11,18-19H2,1-4H3,(H,30,34)/t20-,23+,24-,25-,26+/m1/s1. The molecule has 0 saturated carbocycles. The lowest BCUT2D eigenvalue weighted by molar-refractivity contribution is -0.155. The predicted molar refractivity (Wildman–Crippen MR) is 145 cm³/mol. The molecule has 1 aliphatic carbocycles. The van der Waals surface area contributed by atoms with E-state index in [1.807, 2.05) is 43.3 Å². The topological polar surface area (TPSA) is 99.2 Å². The van der Waals surface area contributed by atoms with Crippen molar-refractivity contribution >= 4 is 29.2 Å². The van der Waals surface area contributed by atoms with Crippen LogP contribution in [0.15, 0.2) is 36.4 Å². The first-order chi connectivity index (χ1) is 17.9. The summed E-state index contributed by atoms with van der Waals surface area (Å²) in [5.41, 5.74) is 1.76. The Hall–Kier alpha value is -2.87. The molecule has 1 heterocycles. The van der Waals surface area contributed by atoms with Crippen LogP contribution in [0.3, 0.4) is 0 Å². The van der Waals surface area contributed by atoms with E-state index in [0.29, 0.717) is 31.5 Å². The van der Waals surface area contributed by atoms with E-state index in [1.54, 1.807) is 11.8 Å². The molecular weight excluding hydrogens is 470 g/mol. The summed E-state index contributed by atoms with van der Waals surface area (Å²) in [5, 5.41) is 12.2. The number of nitrogens with one attached hydrogen (secondary N) is 1. The number of likely N-dealkylation sites (tertiary alicyclic amines) is 1. The molecule has 3 rings (SSSR count). The summed E-state index contributed by atoms with van der Waals surface area (Å²) in [7, 11) is 0. The summed E-state index contributed by atoms with van der Waals surface area (Å²) < 4.78 is 5.38. The molecule has 0 spiro atoms. The molecular formula is C29H43N3O5. The first kappa shape index (κ1) is 28.7.